The van der Waals surface area contributed by atoms with Gasteiger partial charge in [-0.1, -0.05) is 0 Å². The Hall–Kier alpha value is -0.890. The lowest BCUT2D eigenvalue weighted by atomic mass is 10.0. The zero-order chi connectivity index (χ0) is 13.1. The molecular formula is C10H15BrN2O4. The number of carbonyl (C=O) groups excluding carboxylic acids is 1. The fourth-order valence-corrected chi connectivity index (χ4v) is 1.85. The number of hydrogen-bond acceptors (Lipinski definition) is 4. The van der Waals surface area contributed by atoms with E-state index in [1.54, 1.807) is 23.9 Å². The zero-order valence-electron chi connectivity index (χ0n) is 9.35. The number of rotatable bonds is 5. The Bertz CT molecular complexity index is 393. The van der Waals surface area contributed by atoms with Crippen molar-refractivity contribution in [2.45, 2.75) is 5.54 Å². The number of carbonyl (C=O) groups is 1. The molecule has 4 N–H and O–H groups in total. The Morgan fingerprint density at radius 3 is 2.29 bits per heavy atom. The third-order valence-corrected chi connectivity index (χ3v) is 2.92. The Morgan fingerprint density at radius 2 is 1.94 bits per heavy atom. The van der Waals surface area contributed by atoms with Crippen LogP contribution in [0, 0.1) is 0 Å². The molecular weight excluding hydrogens is 292 g/mol. The highest BCUT2D eigenvalue weighted by atomic mass is 79.9. The normalized spacial score (nSPS) is 11.6. The van der Waals surface area contributed by atoms with Gasteiger partial charge in [0.15, 0.2) is 0 Å². The van der Waals surface area contributed by atoms with E-state index in [0.717, 1.165) is 4.47 Å². The molecule has 1 heterocycles. The monoisotopic (exact) mass is 306 g/mol. The molecule has 0 aliphatic heterocycles. The van der Waals surface area contributed by atoms with Crippen LogP contribution in [-0.4, -0.2) is 51.2 Å². The third kappa shape index (κ3) is 3.06. The molecule has 7 heteroatoms. The zero-order valence-corrected chi connectivity index (χ0v) is 10.9. The van der Waals surface area contributed by atoms with E-state index in [9.17, 15) is 4.79 Å². The van der Waals surface area contributed by atoms with Crippen LogP contribution in [0.4, 0.5) is 0 Å². The largest absolute Gasteiger partial charge is 0.394 e. The number of aromatic nitrogens is 1. The minimum absolute atomic E-state index is 0.358. The highest BCUT2D eigenvalue weighted by molar-refractivity contribution is 9.10. The van der Waals surface area contributed by atoms with E-state index in [2.05, 4.69) is 21.2 Å². The van der Waals surface area contributed by atoms with Crippen LogP contribution in [0.2, 0.25) is 0 Å². The minimum Gasteiger partial charge on any atom is -0.394 e. The van der Waals surface area contributed by atoms with Crippen LogP contribution < -0.4 is 5.32 Å². The summed E-state index contributed by atoms with van der Waals surface area (Å²) in [6, 6.07) is 1.60. The number of aliphatic hydroxyl groups is 3. The number of aliphatic hydroxyl groups excluding tert-OH is 3. The van der Waals surface area contributed by atoms with Crippen molar-refractivity contribution in [1.29, 1.82) is 0 Å². The van der Waals surface area contributed by atoms with Crippen LogP contribution in [0.1, 0.15) is 10.5 Å². The van der Waals surface area contributed by atoms with E-state index < -0.39 is 31.3 Å². The molecule has 0 atom stereocenters. The van der Waals surface area contributed by atoms with Gasteiger partial charge in [0.2, 0.25) is 0 Å². The van der Waals surface area contributed by atoms with Crippen LogP contribution in [0.3, 0.4) is 0 Å². The van der Waals surface area contributed by atoms with Crippen molar-refractivity contribution >= 4 is 21.8 Å². The summed E-state index contributed by atoms with van der Waals surface area (Å²) >= 11 is 3.23. The lowest BCUT2D eigenvalue weighted by Gasteiger charge is -2.28. The number of halogens is 1. The van der Waals surface area contributed by atoms with Gasteiger partial charge in [-0.05, 0) is 22.0 Å². The summed E-state index contributed by atoms with van der Waals surface area (Å²) in [6.07, 6.45) is 1.70. The van der Waals surface area contributed by atoms with Crippen molar-refractivity contribution in [2.24, 2.45) is 7.05 Å². The average Bonchev–Trinajstić information content (AvgIpc) is 2.65. The predicted molar refractivity (Wildman–Crippen MR) is 64.6 cm³/mol. The Morgan fingerprint density at radius 1 is 1.41 bits per heavy atom. The number of nitrogens with zero attached hydrogens (tertiary/aromatic N) is 1. The fraction of sp³-hybridized carbons (Fsp3) is 0.500. The molecule has 0 unspecified atom stereocenters. The maximum atomic E-state index is 11.9. The summed E-state index contributed by atoms with van der Waals surface area (Å²) in [7, 11) is 1.69. The maximum Gasteiger partial charge on any atom is 0.268 e. The molecule has 0 saturated carbocycles. The van der Waals surface area contributed by atoms with Crippen molar-refractivity contribution in [3.8, 4) is 0 Å². The van der Waals surface area contributed by atoms with E-state index in [0.29, 0.717) is 5.69 Å². The highest BCUT2D eigenvalue weighted by Gasteiger charge is 2.31. The number of aryl methyl sites for hydroxylation is 1. The van der Waals surface area contributed by atoms with Gasteiger partial charge in [-0.3, -0.25) is 4.79 Å². The molecule has 0 radical (unpaired) electrons. The molecule has 6 nitrogen and oxygen atoms in total. The van der Waals surface area contributed by atoms with Crippen LogP contribution >= 0.6 is 15.9 Å². The first-order valence-electron chi connectivity index (χ1n) is 4.95. The number of amides is 1. The minimum atomic E-state index is -1.41. The van der Waals surface area contributed by atoms with Crippen LogP contribution in [-0.2, 0) is 7.05 Å². The fourth-order valence-electron chi connectivity index (χ4n) is 1.32. The van der Waals surface area contributed by atoms with E-state index in [-0.39, 0.29) is 0 Å². The molecule has 1 amide bonds. The lowest BCUT2D eigenvalue weighted by molar-refractivity contribution is 0.0371. The molecule has 1 rings (SSSR count). The molecule has 0 spiro atoms. The summed E-state index contributed by atoms with van der Waals surface area (Å²) in [5, 5.41) is 29.7. The Labute approximate surface area is 107 Å². The van der Waals surface area contributed by atoms with Gasteiger partial charge in [0.1, 0.15) is 11.2 Å². The molecule has 1 aromatic rings. The molecule has 0 aliphatic carbocycles. The Balaban J connectivity index is 2.88. The van der Waals surface area contributed by atoms with E-state index in [1.165, 1.54) is 0 Å². The van der Waals surface area contributed by atoms with Crippen molar-refractivity contribution in [2.75, 3.05) is 19.8 Å². The van der Waals surface area contributed by atoms with Gasteiger partial charge >= 0.3 is 0 Å². The molecule has 0 fully saturated rings. The van der Waals surface area contributed by atoms with E-state index in [1.807, 2.05) is 0 Å². The second-order valence-electron chi connectivity index (χ2n) is 3.86. The summed E-state index contributed by atoms with van der Waals surface area (Å²) in [6.45, 7) is -1.63. The molecule has 17 heavy (non-hydrogen) atoms. The van der Waals surface area contributed by atoms with Crippen molar-refractivity contribution in [3.05, 3.63) is 22.4 Å². The first-order valence-corrected chi connectivity index (χ1v) is 5.74. The summed E-state index contributed by atoms with van der Waals surface area (Å²) < 4.78 is 2.34. The topological polar surface area (TPSA) is 94.7 Å². The number of hydrogen-bond donors (Lipinski definition) is 4. The highest BCUT2D eigenvalue weighted by Crippen LogP contribution is 2.14. The third-order valence-electron chi connectivity index (χ3n) is 2.49. The van der Waals surface area contributed by atoms with Crippen molar-refractivity contribution in [1.82, 2.24) is 9.88 Å². The molecule has 0 bridgehead atoms. The second kappa shape index (κ2) is 5.63. The smallest absolute Gasteiger partial charge is 0.268 e. The maximum absolute atomic E-state index is 11.9. The molecule has 96 valence electrons. The SMILES string of the molecule is Cn1cc(Br)cc1C(=O)NC(CO)(CO)CO. The van der Waals surface area contributed by atoms with E-state index in [4.69, 9.17) is 15.3 Å². The van der Waals surface area contributed by atoms with Crippen molar-refractivity contribution in [3.63, 3.8) is 0 Å². The standard InChI is InChI=1S/C10H15BrN2O4/c1-13-3-7(11)2-8(13)9(17)12-10(4-14,5-15)6-16/h2-3,14-16H,4-6H2,1H3,(H,12,17). The van der Waals surface area contributed by atoms with Crippen LogP contribution in [0.5, 0.6) is 0 Å². The van der Waals surface area contributed by atoms with Gasteiger partial charge in [0.25, 0.3) is 5.91 Å². The summed E-state index contributed by atoms with van der Waals surface area (Å²) in [5.41, 5.74) is -1.05. The second-order valence-corrected chi connectivity index (χ2v) is 4.78. The van der Waals surface area contributed by atoms with Gasteiger partial charge in [0, 0.05) is 17.7 Å². The predicted octanol–water partition coefficient (Wildman–Crippen LogP) is -0.767. The molecule has 0 saturated heterocycles. The van der Waals surface area contributed by atoms with Gasteiger partial charge in [-0.2, -0.15) is 0 Å². The van der Waals surface area contributed by atoms with Crippen molar-refractivity contribution < 1.29 is 20.1 Å². The van der Waals surface area contributed by atoms with Crippen LogP contribution in [0.15, 0.2) is 16.7 Å². The van der Waals surface area contributed by atoms with Crippen LogP contribution in [0.25, 0.3) is 0 Å². The summed E-state index contributed by atoms with van der Waals surface area (Å²) in [4.78, 5) is 11.9. The quantitative estimate of drug-likeness (QED) is 0.575. The van der Waals surface area contributed by atoms with Gasteiger partial charge in [-0.25, -0.2) is 0 Å². The van der Waals surface area contributed by atoms with Gasteiger partial charge in [-0.15, -0.1) is 0 Å². The van der Waals surface area contributed by atoms with E-state index >= 15 is 0 Å². The molecule has 0 aliphatic rings. The first-order chi connectivity index (χ1) is 7.98. The molecule has 1 aromatic heterocycles. The summed E-state index contributed by atoms with van der Waals surface area (Å²) in [5.74, 6) is -0.477. The molecule has 0 aromatic carbocycles. The van der Waals surface area contributed by atoms with Gasteiger partial charge < -0.3 is 25.2 Å². The Kier molecular flexibility index (Phi) is 4.70. The number of nitrogens with one attached hydrogen (secondary N) is 1. The first kappa shape index (κ1) is 14.2. The van der Waals surface area contributed by atoms with Gasteiger partial charge in [0.05, 0.1) is 19.8 Å². The average molecular weight is 307 g/mol. The lowest BCUT2D eigenvalue weighted by Crippen LogP contribution is -2.57.